The van der Waals surface area contributed by atoms with E-state index in [1.54, 1.807) is 36.4 Å². The molecule has 2 aromatic rings. The fraction of sp³-hybridized carbons (Fsp3) is 0.417. The van der Waals surface area contributed by atoms with Gasteiger partial charge in [0.15, 0.2) is 0 Å². The van der Waals surface area contributed by atoms with Crippen LogP contribution in [0.4, 0.5) is 32.0 Å². The number of benzene rings is 2. The monoisotopic (exact) mass is 535 g/mol. The molecule has 1 aliphatic heterocycles. The molecule has 1 aliphatic rings. The van der Waals surface area contributed by atoms with Gasteiger partial charge in [-0.15, -0.1) is 0 Å². The van der Waals surface area contributed by atoms with Gasteiger partial charge >= 0.3 is 18.3 Å². The van der Waals surface area contributed by atoms with Gasteiger partial charge in [0.05, 0.1) is 17.1 Å². The summed E-state index contributed by atoms with van der Waals surface area (Å²) in [7, 11) is 0. The number of nitrogens with zero attached hydrogens (tertiary/aromatic N) is 1. The van der Waals surface area contributed by atoms with Crippen molar-refractivity contribution < 1.29 is 35.9 Å². The minimum absolute atomic E-state index is 0.0524. The van der Waals surface area contributed by atoms with E-state index in [1.807, 2.05) is 5.32 Å². The molecular formula is C24H24ClF6N3O2. The van der Waals surface area contributed by atoms with Crippen LogP contribution < -0.4 is 10.6 Å². The zero-order valence-electron chi connectivity index (χ0n) is 19.2. The molecule has 1 heterocycles. The van der Waals surface area contributed by atoms with E-state index in [1.165, 1.54) is 0 Å². The fourth-order valence-electron chi connectivity index (χ4n) is 3.89. The van der Waals surface area contributed by atoms with Gasteiger partial charge in [-0.25, -0.2) is 0 Å². The zero-order valence-corrected chi connectivity index (χ0v) is 19.9. The Morgan fingerprint density at radius 2 is 1.58 bits per heavy atom. The lowest BCUT2D eigenvalue weighted by Crippen LogP contribution is -2.43. The number of carbonyl (C=O) groups excluding carboxylic acids is 2. The van der Waals surface area contributed by atoms with E-state index in [-0.39, 0.29) is 32.4 Å². The molecule has 0 saturated carbocycles. The highest BCUT2D eigenvalue weighted by atomic mass is 35.5. The van der Waals surface area contributed by atoms with Crippen molar-refractivity contribution in [1.82, 2.24) is 10.2 Å². The summed E-state index contributed by atoms with van der Waals surface area (Å²) in [5.74, 6) is -2.61. The summed E-state index contributed by atoms with van der Waals surface area (Å²) < 4.78 is 76.3. The van der Waals surface area contributed by atoms with Gasteiger partial charge in [0.2, 0.25) is 5.91 Å². The van der Waals surface area contributed by atoms with Crippen LogP contribution in [0.3, 0.4) is 0 Å². The third-order valence-electron chi connectivity index (χ3n) is 5.90. The van der Waals surface area contributed by atoms with Crippen molar-refractivity contribution in [3.63, 3.8) is 0 Å². The average molecular weight is 536 g/mol. The number of amides is 2. The van der Waals surface area contributed by atoms with Gasteiger partial charge in [-0.05, 0) is 48.1 Å². The third kappa shape index (κ3) is 7.05. The van der Waals surface area contributed by atoms with Crippen LogP contribution in [0.1, 0.15) is 29.2 Å². The normalized spacial score (nSPS) is 15.1. The van der Waals surface area contributed by atoms with E-state index in [9.17, 15) is 35.9 Å². The summed E-state index contributed by atoms with van der Waals surface area (Å²) in [5.41, 5.74) is 3.44. The number of hydrogen-bond donors (Lipinski definition) is 2. The standard InChI is InChI=1S/C24H24ClF6N3O2/c1-14(23(26,27)28)33-20(35)12-15-2-4-16(5-3-15)13-32-21-18-9-11-34(22(36)24(29,30)31)10-8-17(18)6-7-19(21)25/h2-7,14,32H,8-13H2,1H3,(H,33,35)/t14-/m1/s1. The maximum absolute atomic E-state index is 12.9. The quantitative estimate of drug-likeness (QED) is 0.509. The summed E-state index contributed by atoms with van der Waals surface area (Å²) >= 11 is 6.36. The van der Waals surface area contributed by atoms with Crippen LogP contribution in [0.15, 0.2) is 36.4 Å². The maximum atomic E-state index is 12.9. The van der Waals surface area contributed by atoms with Crippen molar-refractivity contribution in [3.8, 4) is 0 Å². The van der Waals surface area contributed by atoms with Gasteiger partial charge in [-0.1, -0.05) is 41.9 Å². The van der Waals surface area contributed by atoms with Gasteiger partial charge in [0, 0.05) is 19.6 Å². The Morgan fingerprint density at radius 3 is 2.19 bits per heavy atom. The summed E-state index contributed by atoms with van der Waals surface area (Å²) in [6, 6.07) is 8.12. The second-order valence-electron chi connectivity index (χ2n) is 8.53. The molecule has 2 aromatic carbocycles. The second kappa shape index (κ2) is 11.0. The number of nitrogens with one attached hydrogen (secondary N) is 2. The van der Waals surface area contributed by atoms with Crippen molar-refractivity contribution in [2.24, 2.45) is 0 Å². The lowest BCUT2D eigenvalue weighted by molar-refractivity contribution is -0.185. The first-order valence-corrected chi connectivity index (χ1v) is 11.5. The molecule has 0 aromatic heterocycles. The van der Waals surface area contributed by atoms with Crippen molar-refractivity contribution in [3.05, 3.63) is 63.7 Å². The molecule has 0 unspecified atom stereocenters. The molecule has 1 atom stereocenters. The summed E-state index contributed by atoms with van der Waals surface area (Å²) in [6.45, 7) is 1.03. The van der Waals surface area contributed by atoms with E-state index in [0.717, 1.165) is 28.5 Å². The van der Waals surface area contributed by atoms with Crippen LogP contribution in [-0.4, -0.2) is 48.2 Å². The Morgan fingerprint density at radius 1 is 0.972 bits per heavy atom. The minimum atomic E-state index is -4.93. The van der Waals surface area contributed by atoms with Crippen LogP contribution in [0.25, 0.3) is 0 Å². The number of rotatable bonds is 6. The first kappa shape index (κ1) is 27.6. The molecule has 2 amide bonds. The number of hydrogen-bond acceptors (Lipinski definition) is 3. The van der Waals surface area contributed by atoms with E-state index in [2.05, 4.69) is 5.32 Å². The molecule has 0 bridgehead atoms. The Kier molecular flexibility index (Phi) is 8.43. The molecule has 0 radical (unpaired) electrons. The van der Waals surface area contributed by atoms with Crippen molar-refractivity contribution >= 4 is 29.1 Å². The molecule has 196 valence electrons. The van der Waals surface area contributed by atoms with Crippen molar-refractivity contribution in [2.45, 2.75) is 51.1 Å². The fourth-order valence-corrected chi connectivity index (χ4v) is 4.14. The highest BCUT2D eigenvalue weighted by molar-refractivity contribution is 6.33. The van der Waals surface area contributed by atoms with Crippen LogP contribution in [0.2, 0.25) is 5.02 Å². The van der Waals surface area contributed by atoms with Gasteiger partial charge < -0.3 is 15.5 Å². The van der Waals surface area contributed by atoms with Crippen LogP contribution in [0.5, 0.6) is 0 Å². The predicted molar refractivity (Wildman–Crippen MR) is 123 cm³/mol. The summed E-state index contributed by atoms with van der Waals surface area (Å²) in [4.78, 5) is 24.3. The number of fused-ring (bicyclic) bond motifs is 1. The molecule has 2 N–H and O–H groups in total. The Labute approximate surface area is 208 Å². The summed E-state index contributed by atoms with van der Waals surface area (Å²) in [6.07, 6.45) is -9.20. The molecule has 5 nitrogen and oxygen atoms in total. The first-order chi connectivity index (χ1) is 16.8. The van der Waals surface area contributed by atoms with Crippen molar-refractivity contribution in [1.29, 1.82) is 0 Å². The molecular weight excluding hydrogens is 512 g/mol. The van der Waals surface area contributed by atoms with E-state index in [4.69, 9.17) is 11.6 Å². The van der Waals surface area contributed by atoms with Crippen molar-refractivity contribution in [2.75, 3.05) is 18.4 Å². The third-order valence-corrected chi connectivity index (χ3v) is 6.21. The van der Waals surface area contributed by atoms with E-state index in [0.29, 0.717) is 22.8 Å². The van der Waals surface area contributed by atoms with Gasteiger partial charge in [0.25, 0.3) is 0 Å². The predicted octanol–water partition coefficient (Wildman–Crippen LogP) is 5.05. The Hall–Kier alpha value is -2.95. The number of halogens is 7. The van der Waals surface area contributed by atoms with Crippen LogP contribution >= 0.6 is 11.6 Å². The molecule has 3 rings (SSSR count). The molecule has 0 saturated heterocycles. The van der Waals surface area contributed by atoms with Gasteiger partial charge in [-0.2, -0.15) is 26.3 Å². The number of alkyl halides is 6. The highest BCUT2D eigenvalue weighted by Crippen LogP contribution is 2.33. The molecule has 0 spiro atoms. The molecule has 12 heteroatoms. The topological polar surface area (TPSA) is 61.4 Å². The highest BCUT2D eigenvalue weighted by Gasteiger charge is 2.42. The largest absolute Gasteiger partial charge is 0.471 e. The Bertz CT molecular complexity index is 1100. The summed E-state index contributed by atoms with van der Waals surface area (Å²) in [5, 5.41) is 5.50. The van der Waals surface area contributed by atoms with Gasteiger partial charge in [-0.3, -0.25) is 9.59 Å². The van der Waals surface area contributed by atoms with Gasteiger partial charge in [0.1, 0.15) is 6.04 Å². The van der Waals surface area contributed by atoms with Crippen LogP contribution in [-0.2, 0) is 35.4 Å². The average Bonchev–Trinajstić information content (AvgIpc) is 3.00. The number of carbonyl (C=O) groups is 2. The smallest absolute Gasteiger partial charge is 0.380 e. The minimum Gasteiger partial charge on any atom is -0.380 e. The first-order valence-electron chi connectivity index (χ1n) is 11.1. The molecule has 0 aliphatic carbocycles. The maximum Gasteiger partial charge on any atom is 0.471 e. The lowest BCUT2D eigenvalue weighted by atomic mass is 10.0. The SMILES string of the molecule is C[C@@H](NC(=O)Cc1ccc(CNc2c(Cl)ccc3c2CCN(C(=O)C(F)(F)F)CC3)cc1)C(F)(F)F. The second-order valence-corrected chi connectivity index (χ2v) is 8.93. The van der Waals surface area contributed by atoms with Crippen LogP contribution in [0, 0.1) is 0 Å². The van der Waals surface area contributed by atoms with E-state index >= 15 is 0 Å². The zero-order chi connectivity index (χ0) is 26.7. The Balaban J connectivity index is 1.64. The molecule has 36 heavy (non-hydrogen) atoms. The lowest BCUT2D eigenvalue weighted by Gasteiger charge is -2.21. The van der Waals surface area contributed by atoms with E-state index < -0.39 is 30.2 Å². The molecule has 0 fully saturated rings. The number of anilines is 1.